The molecule has 0 aliphatic heterocycles. The monoisotopic (exact) mass is 431 g/mol. The van der Waals surface area contributed by atoms with Crippen LogP contribution in [0.4, 0.5) is 0 Å². The van der Waals surface area contributed by atoms with E-state index in [0.29, 0.717) is 32.3 Å². The van der Waals surface area contributed by atoms with Crippen LogP contribution in [-0.2, 0) is 6.42 Å². The number of hydrogen-bond acceptors (Lipinski definition) is 3. The third kappa shape index (κ3) is 3.44. The summed E-state index contributed by atoms with van der Waals surface area (Å²) in [5.74, 6) is 1.29. The molecule has 4 aromatic rings. The van der Waals surface area contributed by atoms with Gasteiger partial charge in [0.1, 0.15) is 5.76 Å². The highest BCUT2D eigenvalue weighted by molar-refractivity contribution is 6.35. The van der Waals surface area contributed by atoms with Crippen molar-refractivity contribution in [2.75, 3.05) is 0 Å². The third-order valence-corrected chi connectivity index (χ3v) is 5.27. The summed E-state index contributed by atoms with van der Waals surface area (Å²) in [6.07, 6.45) is 2.49. The molecule has 0 unspecified atom stereocenters. The zero-order valence-corrected chi connectivity index (χ0v) is 17.5. The van der Waals surface area contributed by atoms with Crippen molar-refractivity contribution in [1.29, 1.82) is 0 Å². The van der Waals surface area contributed by atoms with Crippen molar-refractivity contribution in [2.45, 2.75) is 20.3 Å². The van der Waals surface area contributed by atoms with Crippen LogP contribution < -0.4 is 0 Å². The van der Waals surface area contributed by atoms with Crippen molar-refractivity contribution in [3.05, 3.63) is 75.1 Å². The van der Waals surface area contributed by atoms with E-state index >= 15 is 0 Å². The molecular formula is C21H16Cl3N3O. The van der Waals surface area contributed by atoms with Crippen LogP contribution in [0.3, 0.4) is 0 Å². The van der Waals surface area contributed by atoms with Gasteiger partial charge >= 0.3 is 0 Å². The summed E-state index contributed by atoms with van der Waals surface area (Å²) < 4.78 is 7.64. The smallest absolute Gasteiger partial charge is 0.247 e. The van der Waals surface area contributed by atoms with Crippen LogP contribution in [-0.4, -0.2) is 14.8 Å². The fourth-order valence-electron chi connectivity index (χ4n) is 3.05. The van der Waals surface area contributed by atoms with Gasteiger partial charge in [0.05, 0.1) is 22.6 Å². The first-order valence-corrected chi connectivity index (χ1v) is 9.87. The Morgan fingerprint density at radius 2 is 1.71 bits per heavy atom. The van der Waals surface area contributed by atoms with Gasteiger partial charge in [0.25, 0.3) is 0 Å². The van der Waals surface area contributed by atoms with Crippen molar-refractivity contribution in [3.8, 4) is 28.5 Å². The van der Waals surface area contributed by atoms with E-state index in [2.05, 4.69) is 4.98 Å². The molecule has 0 aliphatic carbocycles. The fraction of sp³-hybridized carbons (Fsp3) is 0.143. The first-order chi connectivity index (χ1) is 13.5. The summed E-state index contributed by atoms with van der Waals surface area (Å²) >= 11 is 18.6. The number of nitrogens with zero attached hydrogens (tertiary/aromatic N) is 3. The largest absolute Gasteiger partial charge is 0.440 e. The average molecular weight is 433 g/mol. The molecule has 0 N–H and O–H groups in total. The maximum atomic E-state index is 6.48. The van der Waals surface area contributed by atoms with E-state index < -0.39 is 0 Å². The highest BCUT2D eigenvalue weighted by Crippen LogP contribution is 2.36. The van der Waals surface area contributed by atoms with E-state index in [1.807, 2.05) is 44.2 Å². The minimum atomic E-state index is 0.480. The van der Waals surface area contributed by atoms with Gasteiger partial charge in [-0.15, -0.1) is 0 Å². The van der Waals surface area contributed by atoms with Crippen molar-refractivity contribution in [2.24, 2.45) is 0 Å². The lowest BCUT2D eigenvalue weighted by Gasteiger charge is -2.11. The van der Waals surface area contributed by atoms with Crippen molar-refractivity contribution < 1.29 is 4.42 Å². The van der Waals surface area contributed by atoms with Gasteiger partial charge in [0.2, 0.25) is 5.89 Å². The number of benzene rings is 2. The molecule has 0 bridgehead atoms. The first kappa shape index (κ1) is 19.1. The van der Waals surface area contributed by atoms with E-state index in [0.717, 1.165) is 29.0 Å². The molecule has 142 valence electrons. The molecule has 0 aliphatic rings. The van der Waals surface area contributed by atoms with Gasteiger partial charge < -0.3 is 4.42 Å². The van der Waals surface area contributed by atoms with Gasteiger partial charge in [-0.05, 0) is 37.3 Å². The molecule has 0 radical (unpaired) electrons. The summed E-state index contributed by atoms with van der Waals surface area (Å²) in [6, 6.07) is 12.9. The van der Waals surface area contributed by atoms with E-state index in [4.69, 9.17) is 44.3 Å². The Kier molecular flexibility index (Phi) is 5.19. The maximum absolute atomic E-state index is 6.48. The molecule has 2 heterocycles. The minimum Gasteiger partial charge on any atom is -0.440 e. The van der Waals surface area contributed by atoms with E-state index in [1.54, 1.807) is 23.0 Å². The van der Waals surface area contributed by atoms with E-state index in [1.165, 1.54) is 0 Å². The summed E-state index contributed by atoms with van der Waals surface area (Å²) in [5.41, 5.74) is 4.14. The fourth-order valence-corrected chi connectivity index (χ4v) is 3.67. The Bertz CT molecular complexity index is 1150. The van der Waals surface area contributed by atoms with Gasteiger partial charge in [-0.2, -0.15) is 5.10 Å². The molecule has 4 rings (SSSR count). The molecule has 7 heteroatoms. The topological polar surface area (TPSA) is 43.9 Å². The van der Waals surface area contributed by atoms with E-state index in [9.17, 15) is 0 Å². The summed E-state index contributed by atoms with van der Waals surface area (Å²) in [4.78, 5) is 4.39. The number of aryl methyl sites for hydroxylation is 1. The number of hydrogen-bond donors (Lipinski definition) is 0. The Labute approximate surface area is 177 Å². The average Bonchev–Trinajstić information content (AvgIpc) is 3.27. The lowest BCUT2D eigenvalue weighted by Crippen LogP contribution is -2.00. The van der Waals surface area contributed by atoms with Crippen molar-refractivity contribution >= 4 is 34.8 Å². The minimum absolute atomic E-state index is 0.480. The molecule has 0 fully saturated rings. The number of aromatic nitrogens is 3. The standard InChI is InChI=1S/C21H16Cl3N3O/c1-3-16-11-25-21(28-16)19-12(2)20(13-4-6-14(22)7-5-13)27(26-19)18-9-8-15(23)10-17(18)24/h4-11H,3H2,1-2H3. The third-order valence-electron chi connectivity index (χ3n) is 4.48. The SMILES string of the molecule is CCc1cnc(-c2nn(-c3ccc(Cl)cc3Cl)c(-c3ccc(Cl)cc3)c2C)o1. The van der Waals surface area contributed by atoms with Gasteiger partial charge in [-0.1, -0.05) is 53.9 Å². The van der Waals surface area contributed by atoms with Crippen LogP contribution in [0.15, 0.2) is 53.1 Å². The van der Waals surface area contributed by atoms with Gasteiger partial charge in [-0.3, -0.25) is 0 Å². The van der Waals surface area contributed by atoms with Crippen LogP contribution >= 0.6 is 34.8 Å². The summed E-state index contributed by atoms with van der Waals surface area (Å²) in [7, 11) is 0. The van der Waals surface area contributed by atoms with Crippen LogP contribution in [0.1, 0.15) is 18.2 Å². The molecule has 0 amide bonds. The number of rotatable bonds is 4. The number of oxazole rings is 1. The van der Waals surface area contributed by atoms with Crippen molar-refractivity contribution in [1.82, 2.24) is 14.8 Å². The second kappa shape index (κ2) is 7.63. The molecule has 0 saturated heterocycles. The molecule has 0 saturated carbocycles. The summed E-state index contributed by atoms with van der Waals surface area (Å²) in [5, 5.41) is 6.51. The van der Waals surface area contributed by atoms with Gasteiger partial charge in [0, 0.05) is 27.6 Å². The first-order valence-electron chi connectivity index (χ1n) is 8.74. The Morgan fingerprint density at radius 3 is 2.36 bits per heavy atom. The molecule has 2 aromatic heterocycles. The quantitative estimate of drug-likeness (QED) is 0.348. The zero-order chi connectivity index (χ0) is 19.8. The second-order valence-electron chi connectivity index (χ2n) is 6.32. The van der Waals surface area contributed by atoms with Crippen LogP contribution in [0.2, 0.25) is 15.1 Å². The predicted molar refractivity (Wildman–Crippen MR) is 114 cm³/mol. The van der Waals surface area contributed by atoms with Gasteiger partial charge in [0.15, 0.2) is 5.69 Å². The van der Waals surface area contributed by atoms with Crippen molar-refractivity contribution in [3.63, 3.8) is 0 Å². The lowest BCUT2D eigenvalue weighted by atomic mass is 10.1. The maximum Gasteiger partial charge on any atom is 0.247 e. The molecular weight excluding hydrogens is 417 g/mol. The zero-order valence-electron chi connectivity index (χ0n) is 15.2. The van der Waals surface area contributed by atoms with E-state index in [-0.39, 0.29) is 0 Å². The number of halogens is 3. The molecule has 2 aromatic carbocycles. The van der Waals surface area contributed by atoms with Crippen LogP contribution in [0.25, 0.3) is 28.5 Å². The molecule has 0 spiro atoms. The Hall–Kier alpha value is -2.27. The van der Waals surface area contributed by atoms with Crippen LogP contribution in [0, 0.1) is 6.92 Å². The second-order valence-corrected chi connectivity index (χ2v) is 7.60. The van der Waals surface area contributed by atoms with Gasteiger partial charge in [-0.25, -0.2) is 9.67 Å². The molecule has 0 atom stereocenters. The predicted octanol–water partition coefficient (Wildman–Crippen LogP) is 7.03. The highest BCUT2D eigenvalue weighted by atomic mass is 35.5. The Balaban J connectivity index is 1.97. The molecule has 28 heavy (non-hydrogen) atoms. The van der Waals surface area contributed by atoms with Crippen LogP contribution in [0.5, 0.6) is 0 Å². The normalized spacial score (nSPS) is 11.2. The summed E-state index contributed by atoms with van der Waals surface area (Å²) in [6.45, 7) is 4.00. The lowest BCUT2D eigenvalue weighted by molar-refractivity contribution is 0.521. The molecule has 4 nitrogen and oxygen atoms in total. The highest BCUT2D eigenvalue weighted by Gasteiger charge is 2.22. The Morgan fingerprint density at radius 1 is 1.00 bits per heavy atom.